The molecule has 42 heavy (non-hydrogen) atoms. The van der Waals surface area contributed by atoms with Crippen LogP contribution in [0.15, 0.2) is 83.9 Å². The summed E-state index contributed by atoms with van der Waals surface area (Å²) in [4.78, 5) is 0. The van der Waals surface area contributed by atoms with E-state index in [1.807, 2.05) is 0 Å². The van der Waals surface area contributed by atoms with Crippen LogP contribution in [-0.2, 0) is 20.4 Å². The van der Waals surface area contributed by atoms with Crippen LogP contribution in [0.2, 0.25) is 13.1 Å². The van der Waals surface area contributed by atoms with Crippen molar-refractivity contribution in [2.24, 2.45) is 0 Å². The third-order valence-corrected chi connectivity index (χ3v) is 29.6. The van der Waals surface area contributed by atoms with Crippen LogP contribution in [0.3, 0.4) is 0 Å². The molecule has 0 aromatic heterocycles. The summed E-state index contributed by atoms with van der Waals surface area (Å²) in [5.41, 5.74) is 20.5. The molecule has 6 rings (SSSR count). The van der Waals surface area contributed by atoms with Gasteiger partial charge in [-0.3, -0.25) is 0 Å². The van der Waals surface area contributed by atoms with Gasteiger partial charge >= 0.3 is 263 Å². The van der Waals surface area contributed by atoms with Gasteiger partial charge in [-0.05, 0) is 0 Å². The number of aryl methyl sites for hydroxylation is 2. The molecule has 2 unspecified atom stereocenters. The average molecular weight is 644 g/mol. The second kappa shape index (κ2) is 11.9. The molecule has 2 aliphatic rings. The monoisotopic (exact) mass is 642 g/mol. The molecule has 0 heterocycles. The van der Waals surface area contributed by atoms with Crippen molar-refractivity contribution < 1.29 is 20.4 Å². The number of allylic oxidation sites excluding steroid dienone is 2. The molecule has 212 valence electrons. The Morgan fingerprint density at radius 2 is 0.929 bits per heavy atom. The number of hydrogen-bond acceptors (Lipinski definition) is 0. The molecule has 0 bridgehead atoms. The number of benzene rings is 4. The van der Waals surface area contributed by atoms with Crippen molar-refractivity contribution in [3.05, 3.63) is 128 Å². The first kappa shape index (κ1) is 29.5. The maximum absolute atomic E-state index is 2.65. The predicted octanol–water partition coefficient (Wildman–Crippen LogP) is 11.5. The summed E-state index contributed by atoms with van der Waals surface area (Å²) in [6.45, 7) is 19.2. The van der Waals surface area contributed by atoms with Crippen LogP contribution in [0.4, 0.5) is 0 Å². The predicted molar refractivity (Wildman–Crippen MR) is 182 cm³/mol. The van der Waals surface area contributed by atoms with E-state index in [0.29, 0.717) is 7.25 Å². The molecule has 2 atom stereocenters. The van der Waals surface area contributed by atoms with Gasteiger partial charge in [-0.2, -0.15) is 0 Å². The van der Waals surface area contributed by atoms with Crippen molar-refractivity contribution in [3.8, 4) is 22.3 Å². The summed E-state index contributed by atoms with van der Waals surface area (Å²) in [6.07, 6.45) is 7.55. The Labute approximate surface area is 261 Å². The van der Waals surface area contributed by atoms with Crippen LogP contribution in [0.1, 0.15) is 78.4 Å². The molecular formula is C40H44SiZr. The summed E-state index contributed by atoms with van der Waals surface area (Å²) in [6, 6.07) is 28.1. The van der Waals surface area contributed by atoms with E-state index in [1.54, 1.807) is 22.3 Å². The van der Waals surface area contributed by atoms with Crippen LogP contribution in [0, 0.1) is 27.7 Å². The molecule has 0 radical (unpaired) electrons. The SMILES string of the molecule is CCC1=Cc2c(-c3cccc(C)c3C)cccc2[CH]1[Zr]([CH]1C(CC)=Cc2c(-c3cccc(C)c3C)cccc21)=[Si](C)C. The van der Waals surface area contributed by atoms with E-state index in [2.05, 4.69) is 140 Å². The molecular weight excluding hydrogens is 600 g/mol. The molecule has 4 aromatic rings. The van der Waals surface area contributed by atoms with Crippen molar-refractivity contribution in [3.63, 3.8) is 0 Å². The Balaban J connectivity index is 1.54. The quantitative estimate of drug-likeness (QED) is 0.183. The van der Waals surface area contributed by atoms with Crippen molar-refractivity contribution in [2.75, 3.05) is 0 Å². The topological polar surface area (TPSA) is 0 Å². The first-order valence-electron chi connectivity index (χ1n) is 15.7. The summed E-state index contributed by atoms with van der Waals surface area (Å²) < 4.78 is 1.33. The molecule has 2 aliphatic carbocycles. The van der Waals surface area contributed by atoms with Crippen LogP contribution in [0.5, 0.6) is 0 Å². The van der Waals surface area contributed by atoms with Crippen LogP contribution in [0.25, 0.3) is 34.4 Å². The van der Waals surface area contributed by atoms with Gasteiger partial charge in [0.2, 0.25) is 0 Å². The van der Waals surface area contributed by atoms with E-state index >= 15 is 0 Å². The molecule has 0 saturated carbocycles. The van der Waals surface area contributed by atoms with Gasteiger partial charge in [0.1, 0.15) is 0 Å². The molecule has 2 heteroatoms. The minimum atomic E-state index is -2.15. The zero-order valence-corrected chi connectivity index (χ0v) is 30.1. The van der Waals surface area contributed by atoms with Gasteiger partial charge in [0.05, 0.1) is 0 Å². The Morgan fingerprint density at radius 1 is 0.548 bits per heavy atom. The Kier molecular flexibility index (Phi) is 8.34. The second-order valence-electron chi connectivity index (χ2n) is 12.6. The maximum atomic E-state index is 2.65. The van der Waals surface area contributed by atoms with E-state index in [4.69, 9.17) is 0 Å². The molecule has 0 spiro atoms. The Hall–Kier alpha value is -2.54. The Bertz CT molecular complexity index is 1680. The first-order chi connectivity index (χ1) is 20.3. The third kappa shape index (κ3) is 4.84. The van der Waals surface area contributed by atoms with Gasteiger partial charge < -0.3 is 0 Å². The van der Waals surface area contributed by atoms with Crippen molar-refractivity contribution in [2.45, 2.75) is 74.7 Å². The molecule has 4 aromatic carbocycles. The first-order valence-corrected chi connectivity index (χ1v) is 24.8. The van der Waals surface area contributed by atoms with Gasteiger partial charge in [-0.25, -0.2) is 0 Å². The summed E-state index contributed by atoms with van der Waals surface area (Å²) in [5.74, 6) is 0. The number of hydrogen-bond donors (Lipinski definition) is 0. The zero-order valence-electron chi connectivity index (χ0n) is 26.7. The van der Waals surface area contributed by atoms with Gasteiger partial charge in [0.15, 0.2) is 0 Å². The third-order valence-electron chi connectivity index (χ3n) is 10.1. The average Bonchev–Trinajstić information content (AvgIpc) is 3.55. The molecule has 0 nitrogen and oxygen atoms in total. The van der Waals surface area contributed by atoms with Gasteiger partial charge in [-0.1, -0.05) is 0 Å². The van der Waals surface area contributed by atoms with Crippen molar-refractivity contribution in [1.29, 1.82) is 0 Å². The van der Waals surface area contributed by atoms with E-state index in [9.17, 15) is 0 Å². The summed E-state index contributed by atoms with van der Waals surface area (Å²) in [7, 11) is 0. The second-order valence-corrected chi connectivity index (χ2v) is 30.4. The summed E-state index contributed by atoms with van der Waals surface area (Å²) in [5, 5.41) is 0. The molecule has 0 amide bonds. The fraction of sp³-hybridized carbons (Fsp3) is 0.300. The molecule has 0 N–H and O–H groups in total. The number of fused-ring (bicyclic) bond motifs is 2. The molecule has 0 saturated heterocycles. The Morgan fingerprint density at radius 3 is 1.31 bits per heavy atom. The van der Waals surface area contributed by atoms with Crippen LogP contribution in [-0.4, -0.2) is 5.43 Å². The van der Waals surface area contributed by atoms with E-state index < -0.39 is 25.8 Å². The van der Waals surface area contributed by atoms with Crippen LogP contribution < -0.4 is 0 Å². The zero-order chi connectivity index (χ0) is 29.7. The number of rotatable bonds is 6. The van der Waals surface area contributed by atoms with Gasteiger partial charge in [0.25, 0.3) is 0 Å². The summed E-state index contributed by atoms with van der Waals surface area (Å²) >= 11 is -2.15. The van der Waals surface area contributed by atoms with E-state index in [0.717, 1.165) is 12.8 Å². The van der Waals surface area contributed by atoms with Gasteiger partial charge in [-0.15, -0.1) is 0 Å². The molecule has 0 aliphatic heterocycles. The fourth-order valence-corrected chi connectivity index (χ4v) is 28.4. The fourth-order valence-electron chi connectivity index (χ4n) is 7.58. The normalized spacial score (nSPS) is 17.0. The van der Waals surface area contributed by atoms with Crippen molar-refractivity contribution >= 4 is 17.6 Å². The van der Waals surface area contributed by atoms with Gasteiger partial charge in [0, 0.05) is 0 Å². The molecule has 0 fully saturated rings. The van der Waals surface area contributed by atoms with Crippen molar-refractivity contribution in [1.82, 2.24) is 0 Å². The van der Waals surface area contributed by atoms with E-state index in [1.165, 1.54) is 55.6 Å². The van der Waals surface area contributed by atoms with Crippen LogP contribution >= 0.6 is 0 Å². The minimum absolute atomic E-state index is 0.475. The van der Waals surface area contributed by atoms with E-state index in [-0.39, 0.29) is 0 Å². The standard InChI is InChI=1S/2C19H19.C2H6Si.Zr/c2*1-4-15-11-16-8-6-10-18(19(16)12-15)17-9-5-7-13(2)14(17)3;1-3-2;/h2*5-12H,4H2,1-3H3;1-2H3;.